The first-order valence-electron chi connectivity index (χ1n) is 11.4. The smallest absolute Gasteiger partial charge is 0.343 e. The fourth-order valence-corrected chi connectivity index (χ4v) is 1.53. The topological polar surface area (TPSA) is 75.6 Å². The molecule has 2 rings (SSSR count). The van der Waals surface area contributed by atoms with E-state index in [1.54, 1.807) is 0 Å². The molecule has 13 heteroatoms. The molecule has 0 aliphatic heterocycles. The Labute approximate surface area is 168 Å². The summed E-state index contributed by atoms with van der Waals surface area (Å²) in [6, 6.07) is -9.75. The Morgan fingerprint density at radius 3 is 1.96 bits per heavy atom. The maximum Gasteiger partial charge on any atom is 0.408 e. The number of hydrogen-bond donors (Lipinski definition) is 2. The summed E-state index contributed by atoms with van der Waals surface area (Å²) < 4.78 is 154. The third-order valence-electron chi connectivity index (χ3n) is 2.49. The molecule has 2 aromatic rings. The van der Waals surface area contributed by atoms with Crippen molar-refractivity contribution in [3.05, 3.63) is 23.3 Å². The number of rotatable bonds is 5. The van der Waals surface area contributed by atoms with E-state index < -0.39 is 78.7 Å². The highest BCUT2D eigenvalue weighted by Gasteiger charge is 2.38. The summed E-state index contributed by atoms with van der Waals surface area (Å²) in [5.74, 6) is -4.14. The van der Waals surface area contributed by atoms with Gasteiger partial charge in [-0.15, -0.1) is 0 Å². The summed E-state index contributed by atoms with van der Waals surface area (Å²) in [5.41, 5.74) is -0.820. The highest BCUT2D eigenvalue weighted by Crippen LogP contribution is 2.26. The number of nitrogens with zero attached hydrogens (tertiary/aromatic N) is 4. The number of nitrogens with one attached hydrogen (secondary N) is 2. The SMILES string of the molecule is [2H]c1cc(Cl)nc(-c2nc(NC([2H])(C([2H])([2H])[2H])C(F)(F)F)nc(NC([2H])(C([2H])([2H])[2H])C(F)(F)F)n2)c1[2H]. The first-order valence-corrected chi connectivity index (χ1v) is 6.82. The zero-order valence-corrected chi connectivity index (χ0v) is 13.3. The third-order valence-corrected chi connectivity index (χ3v) is 2.68. The molecule has 2 N–H and O–H groups in total. The van der Waals surface area contributed by atoms with E-state index in [1.165, 1.54) is 0 Å². The molecule has 0 saturated carbocycles. The van der Waals surface area contributed by atoms with Gasteiger partial charge in [0.05, 0.1) is 5.48 Å². The van der Waals surface area contributed by atoms with E-state index in [2.05, 4.69) is 19.9 Å². The number of alkyl halides is 6. The maximum atomic E-state index is 13.5. The Kier molecular flexibility index (Phi) is 3.09. The van der Waals surface area contributed by atoms with Crippen LogP contribution in [0.25, 0.3) is 11.5 Å². The van der Waals surface area contributed by atoms with Crippen LogP contribution in [0.3, 0.4) is 0 Å². The molecule has 148 valence electrons. The highest BCUT2D eigenvalue weighted by atomic mass is 35.5. The molecule has 0 aromatic carbocycles. The molecular formula is C14H13ClF6N6. The van der Waals surface area contributed by atoms with Crippen molar-refractivity contribution >= 4 is 23.5 Å². The minimum Gasteiger partial charge on any atom is -0.343 e. The van der Waals surface area contributed by atoms with Gasteiger partial charge >= 0.3 is 12.4 Å². The van der Waals surface area contributed by atoms with Crippen LogP contribution in [-0.2, 0) is 0 Å². The summed E-state index contributed by atoms with van der Waals surface area (Å²) in [5, 5.41) is 1.75. The summed E-state index contributed by atoms with van der Waals surface area (Å²) >= 11 is 5.68. The second kappa shape index (κ2) is 7.71. The van der Waals surface area contributed by atoms with Crippen LogP contribution in [0.2, 0.25) is 5.15 Å². The van der Waals surface area contributed by atoms with Crippen molar-refractivity contribution < 1.29 is 40.1 Å². The van der Waals surface area contributed by atoms with Crippen LogP contribution in [0.1, 0.15) is 27.4 Å². The van der Waals surface area contributed by atoms with E-state index in [9.17, 15) is 26.3 Å². The van der Waals surface area contributed by atoms with E-state index >= 15 is 0 Å². The largest absolute Gasteiger partial charge is 0.408 e. The molecule has 2 unspecified atom stereocenters. The van der Waals surface area contributed by atoms with Crippen molar-refractivity contribution in [1.29, 1.82) is 0 Å². The number of halogens is 7. The minimum absolute atomic E-state index is 0.499. The van der Waals surface area contributed by atoms with Gasteiger partial charge in [0.1, 0.15) is 22.9 Å². The molecule has 0 saturated heterocycles. The van der Waals surface area contributed by atoms with Gasteiger partial charge in [0.25, 0.3) is 0 Å². The maximum absolute atomic E-state index is 13.5. The van der Waals surface area contributed by atoms with Gasteiger partial charge in [0.15, 0.2) is 5.82 Å². The first kappa shape index (κ1) is 10.8. The van der Waals surface area contributed by atoms with E-state index in [-0.39, 0.29) is 0 Å². The van der Waals surface area contributed by atoms with E-state index in [4.69, 9.17) is 25.3 Å². The van der Waals surface area contributed by atoms with Crippen LogP contribution in [0.5, 0.6) is 0 Å². The molecule has 2 aromatic heterocycles. The molecule has 0 amide bonds. The van der Waals surface area contributed by atoms with Crippen LogP contribution in [0.15, 0.2) is 18.2 Å². The summed E-state index contributed by atoms with van der Waals surface area (Å²) in [6.45, 7) is -8.34. The average Bonchev–Trinajstić information content (AvgIpc) is 2.67. The summed E-state index contributed by atoms with van der Waals surface area (Å²) in [7, 11) is 0. The van der Waals surface area contributed by atoms with Gasteiger partial charge in [0.2, 0.25) is 11.9 Å². The molecule has 6 nitrogen and oxygen atoms in total. The third kappa shape index (κ3) is 5.81. The van der Waals surface area contributed by atoms with Crippen molar-refractivity contribution in [3.63, 3.8) is 0 Å². The molecule has 0 fully saturated rings. The summed E-state index contributed by atoms with van der Waals surface area (Å²) in [4.78, 5) is 13.4. The van der Waals surface area contributed by atoms with Crippen LogP contribution in [0.4, 0.5) is 38.2 Å². The van der Waals surface area contributed by atoms with Crippen molar-refractivity contribution in [2.24, 2.45) is 0 Å². The van der Waals surface area contributed by atoms with Gasteiger partial charge in [-0.05, 0) is 25.8 Å². The van der Waals surface area contributed by atoms with Crippen LogP contribution in [0, 0.1) is 0 Å². The Morgan fingerprint density at radius 2 is 1.52 bits per heavy atom. The zero-order chi connectivity index (χ0) is 29.0. The molecule has 0 spiro atoms. The zero-order valence-electron chi connectivity index (χ0n) is 22.5. The monoisotopic (exact) mass is 424 g/mol. The van der Waals surface area contributed by atoms with E-state index in [0.29, 0.717) is 0 Å². The molecule has 2 atom stereocenters. The van der Waals surface area contributed by atoms with Gasteiger partial charge < -0.3 is 10.6 Å². The fourth-order valence-electron chi connectivity index (χ4n) is 1.40. The van der Waals surface area contributed by atoms with Crippen LogP contribution in [-0.4, -0.2) is 44.3 Å². The lowest BCUT2D eigenvalue weighted by Crippen LogP contribution is -2.35. The fraction of sp³-hybridized carbons (Fsp3) is 0.429. The lowest BCUT2D eigenvalue weighted by atomic mass is 10.3. The standard InChI is InChI=1S/C14H13ClF6N6/c1-6(13(16,17)18)22-11-25-10(8-4-3-5-9(15)24-8)26-12(27-11)23-7(2)14(19,20)21/h3-7H,1-2H3,(H2,22,23,25,26,27)/i1D3,2D3,3D,4D,6D,7D. The van der Waals surface area contributed by atoms with Gasteiger partial charge in [-0.25, -0.2) is 4.98 Å². The molecule has 27 heavy (non-hydrogen) atoms. The van der Waals surface area contributed by atoms with Gasteiger partial charge in [0, 0.05) is 8.22 Å². The molecular weight excluding hydrogens is 402 g/mol. The van der Waals surface area contributed by atoms with E-state index in [1.807, 2.05) is 0 Å². The number of anilines is 2. The lowest BCUT2D eigenvalue weighted by Gasteiger charge is -2.20. The normalized spacial score (nSPS) is 23.2. The molecule has 0 radical (unpaired) electrons. The quantitative estimate of drug-likeness (QED) is 0.550. The Hall–Kier alpha value is -2.37. The van der Waals surface area contributed by atoms with Gasteiger partial charge in [-0.2, -0.15) is 41.3 Å². The minimum atomic E-state index is -5.86. The van der Waals surface area contributed by atoms with Gasteiger partial charge in [-0.3, -0.25) is 0 Å². The Morgan fingerprint density at radius 1 is 1.00 bits per heavy atom. The van der Waals surface area contributed by atoms with Crippen molar-refractivity contribution in [3.8, 4) is 11.5 Å². The second-order valence-corrected chi connectivity index (χ2v) is 4.89. The first-order chi connectivity index (χ1) is 16.3. The molecule has 2 heterocycles. The Balaban J connectivity index is 2.85. The predicted molar refractivity (Wildman–Crippen MR) is 86.3 cm³/mol. The highest BCUT2D eigenvalue weighted by molar-refractivity contribution is 6.29. The van der Waals surface area contributed by atoms with Crippen LogP contribution < -0.4 is 10.6 Å². The lowest BCUT2D eigenvalue weighted by molar-refractivity contribution is -0.139. The van der Waals surface area contributed by atoms with Crippen molar-refractivity contribution in [2.75, 3.05) is 10.6 Å². The average molecular weight is 425 g/mol. The van der Waals surface area contributed by atoms with E-state index in [0.717, 1.165) is 16.7 Å². The predicted octanol–water partition coefficient (Wildman–Crippen LogP) is 4.31. The second-order valence-electron chi connectivity index (χ2n) is 4.50. The van der Waals surface area contributed by atoms with Gasteiger partial charge in [-0.1, -0.05) is 17.6 Å². The van der Waals surface area contributed by atoms with Crippen molar-refractivity contribution in [1.82, 2.24) is 19.9 Å². The summed E-state index contributed by atoms with van der Waals surface area (Å²) in [6.07, 6.45) is -11.7. The molecule has 0 aliphatic carbocycles. The number of aromatic nitrogens is 4. The Bertz CT molecular complexity index is 1090. The number of pyridine rings is 1. The number of hydrogen-bond acceptors (Lipinski definition) is 6. The molecule has 0 bridgehead atoms. The molecule has 0 aliphatic rings. The van der Waals surface area contributed by atoms with Crippen molar-refractivity contribution in [2.45, 2.75) is 38.1 Å². The van der Waals surface area contributed by atoms with Crippen LogP contribution >= 0.6 is 11.6 Å².